The summed E-state index contributed by atoms with van der Waals surface area (Å²) in [6.07, 6.45) is 1.77. The zero-order valence-corrected chi connectivity index (χ0v) is 16.8. The number of carbonyl (C=O) groups is 1. The molecule has 4 nitrogen and oxygen atoms in total. The van der Waals surface area contributed by atoms with Gasteiger partial charge in [-0.15, -0.1) is 0 Å². The lowest BCUT2D eigenvalue weighted by Crippen LogP contribution is -2.31. The van der Waals surface area contributed by atoms with Crippen molar-refractivity contribution in [1.82, 2.24) is 5.32 Å². The highest BCUT2D eigenvalue weighted by molar-refractivity contribution is 5.92. The van der Waals surface area contributed by atoms with Crippen LogP contribution in [-0.4, -0.2) is 19.1 Å². The number of amides is 1. The van der Waals surface area contributed by atoms with Crippen molar-refractivity contribution in [2.45, 2.75) is 25.8 Å². The van der Waals surface area contributed by atoms with Crippen LogP contribution in [0, 0.1) is 0 Å². The van der Waals surface area contributed by atoms with E-state index in [1.807, 2.05) is 60.7 Å². The molecule has 0 fully saturated rings. The van der Waals surface area contributed by atoms with Crippen molar-refractivity contribution in [3.05, 3.63) is 96.1 Å². The Hall–Kier alpha value is -3.11. The van der Waals surface area contributed by atoms with E-state index in [0.29, 0.717) is 6.61 Å². The molecule has 0 bridgehead atoms. The van der Waals surface area contributed by atoms with Gasteiger partial charge >= 0.3 is 0 Å². The summed E-state index contributed by atoms with van der Waals surface area (Å²) < 4.78 is 5.84. The van der Waals surface area contributed by atoms with Gasteiger partial charge < -0.3 is 15.4 Å². The van der Waals surface area contributed by atoms with Crippen LogP contribution in [0.1, 0.15) is 30.5 Å². The lowest BCUT2D eigenvalue weighted by atomic mass is 10.0. The third-order valence-electron chi connectivity index (χ3n) is 4.74. The molecule has 1 amide bonds. The van der Waals surface area contributed by atoms with Crippen molar-refractivity contribution in [3.63, 3.8) is 0 Å². The van der Waals surface area contributed by atoms with E-state index >= 15 is 0 Å². The maximum atomic E-state index is 12.4. The standard InChI is InChI=1S/C25H28N2O2/c1-2-24(21-12-7-4-8-13-21)26-19-25(28)27-22-14-9-15-23(18-22)29-17-16-20-10-5-3-6-11-20/h3-15,18,24,26H,2,16-17,19H2,1H3,(H,27,28). The molecule has 3 aromatic rings. The van der Waals surface area contributed by atoms with E-state index < -0.39 is 0 Å². The Balaban J connectivity index is 1.47. The fourth-order valence-corrected chi connectivity index (χ4v) is 3.20. The van der Waals surface area contributed by atoms with Gasteiger partial charge in [-0.3, -0.25) is 4.79 Å². The topological polar surface area (TPSA) is 50.4 Å². The fraction of sp³-hybridized carbons (Fsp3) is 0.240. The van der Waals surface area contributed by atoms with Crippen molar-refractivity contribution >= 4 is 11.6 Å². The number of anilines is 1. The van der Waals surface area contributed by atoms with Gasteiger partial charge in [-0.1, -0.05) is 73.7 Å². The summed E-state index contributed by atoms with van der Waals surface area (Å²) >= 11 is 0. The fourth-order valence-electron chi connectivity index (χ4n) is 3.20. The van der Waals surface area contributed by atoms with Crippen molar-refractivity contribution in [2.24, 2.45) is 0 Å². The zero-order chi connectivity index (χ0) is 20.3. The average Bonchev–Trinajstić information content (AvgIpc) is 2.76. The summed E-state index contributed by atoms with van der Waals surface area (Å²) in [4.78, 5) is 12.4. The van der Waals surface area contributed by atoms with Gasteiger partial charge in [0.15, 0.2) is 0 Å². The third-order valence-corrected chi connectivity index (χ3v) is 4.74. The quantitative estimate of drug-likeness (QED) is 0.515. The largest absolute Gasteiger partial charge is 0.493 e. The predicted molar refractivity (Wildman–Crippen MR) is 118 cm³/mol. The van der Waals surface area contributed by atoms with E-state index in [0.717, 1.165) is 24.3 Å². The molecule has 0 spiro atoms. The minimum atomic E-state index is -0.0687. The molecule has 3 rings (SSSR count). The Labute approximate surface area is 172 Å². The Kier molecular flexibility index (Phi) is 7.84. The molecule has 3 aromatic carbocycles. The van der Waals surface area contributed by atoms with Gasteiger partial charge in [-0.2, -0.15) is 0 Å². The Morgan fingerprint density at radius 2 is 1.66 bits per heavy atom. The van der Waals surface area contributed by atoms with Crippen molar-refractivity contribution in [3.8, 4) is 5.75 Å². The van der Waals surface area contributed by atoms with E-state index in [1.165, 1.54) is 11.1 Å². The van der Waals surface area contributed by atoms with Gasteiger partial charge in [0.25, 0.3) is 0 Å². The van der Waals surface area contributed by atoms with Gasteiger partial charge in [0.1, 0.15) is 5.75 Å². The first kappa shape index (κ1) is 20.6. The molecule has 150 valence electrons. The number of ether oxygens (including phenoxy) is 1. The van der Waals surface area contributed by atoms with Gasteiger partial charge in [0.05, 0.1) is 13.2 Å². The van der Waals surface area contributed by atoms with Gasteiger partial charge in [-0.05, 0) is 29.7 Å². The van der Waals surface area contributed by atoms with Crippen molar-refractivity contribution < 1.29 is 9.53 Å². The normalized spacial score (nSPS) is 11.6. The number of carbonyl (C=O) groups excluding carboxylic acids is 1. The van der Waals surface area contributed by atoms with Crippen LogP contribution < -0.4 is 15.4 Å². The van der Waals surface area contributed by atoms with Crippen LogP contribution in [0.3, 0.4) is 0 Å². The number of hydrogen-bond acceptors (Lipinski definition) is 3. The SMILES string of the molecule is CCC(NCC(=O)Nc1cccc(OCCc2ccccc2)c1)c1ccccc1. The van der Waals surface area contributed by atoms with E-state index in [1.54, 1.807) is 0 Å². The Morgan fingerprint density at radius 1 is 0.931 bits per heavy atom. The molecule has 0 aromatic heterocycles. The van der Waals surface area contributed by atoms with Crippen LogP contribution in [0.5, 0.6) is 5.75 Å². The minimum absolute atomic E-state index is 0.0687. The van der Waals surface area contributed by atoms with Gasteiger partial charge in [0, 0.05) is 24.2 Å². The molecule has 0 heterocycles. The maximum absolute atomic E-state index is 12.4. The zero-order valence-electron chi connectivity index (χ0n) is 16.8. The number of nitrogens with one attached hydrogen (secondary N) is 2. The second kappa shape index (κ2) is 11.0. The lowest BCUT2D eigenvalue weighted by Gasteiger charge is -2.17. The number of rotatable bonds is 10. The average molecular weight is 389 g/mol. The smallest absolute Gasteiger partial charge is 0.238 e. The predicted octanol–water partition coefficient (Wildman–Crippen LogP) is 4.99. The lowest BCUT2D eigenvalue weighted by molar-refractivity contribution is -0.115. The summed E-state index contributed by atoms with van der Waals surface area (Å²) in [5, 5.41) is 6.27. The third kappa shape index (κ3) is 6.77. The van der Waals surface area contributed by atoms with Crippen LogP contribution in [0.25, 0.3) is 0 Å². The van der Waals surface area contributed by atoms with Crippen LogP contribution in [0.4, 0.5) is 5.69 Å². The van der Waals surface area contributed by atoms with E-state index in [9.17, 15) is 4.79 Å². The molecular weight excluding hydrogens is 360 g/mol. The molecule has 4 heteroatoms. The van der Waals surface area contributed by atoms with Crippen LogP contribution in [-0.2, 0) is 11.2 Å². The molecule has 29 heavy (non-hydrogen) atoms. The first-order valence-electron chi connectivity index (χ1n) is 10.1. The molecule has 2 N–H and O–H groups in total. The number of hydrogen-bond donors (Lipinski definition) is 2. The highest BCUT2D eigenvalue weighted by atomic mass is 16.5. The van der Waals surface area contributed by atoms with Crippen molar-refractivity contribution in [2.75, 3.05) is 18.5 Å². The molecule has 0 aliphatic carbocycles. The molecule has 0 saturated carbocycles. The van der Waals surface area contributed by atoms with Crippen LogP contribution in [0.2, 0.25) is 0 Å². The molecular formula is C25H28N2O2. The second-order valence-electron chi connectivity index (χ2n) is 6.91. The highest BCUT2D eigenvalue weighted by Crippen LogP contribution is 2.18. The summed E-state index contributed by atoms with van der Waals surface area (Å²) in [5.41, 5.74) is 3.17. The Morgan fingerprint density at radius 3 is 2.38 bits per heavy atom. The van der Waals surface area contributed by atoms with Gasteiger partial charge in [0.2, 0.25) is 5.91 Å². The van der Waals surface area contributed by atoms with E-state index in [4.69, 9.17) is 4.74 Å². The molecule has 0 aliphatic rings. The monoisotopic (exact) mass is 388 g/mol. The molecule has 0 radical (unpaired) electrons. The Bertz CT molecular complexity index is 882. The minimum Gasteiger partial charge on any atom is -0.493 e. The molecule has 0 aliphatic heterocycles. The first-order valence-corrected chi connectivity index (χ1v) is 10.1. The number of benzene rings is 3. The second-order valence-corrected chi connectivity index (χ2v) is 6.91. The van der Waals surface area contributed by atoms with Crippen LogP contribution in [0.15, 0.2) is 84.9 Å². The molecule has 1 unspecified atom stereocenters. The van der Waals surface area contributed by atoms with E-state index in [-0.39, 0.29) is 18.5 Å². The summed E-state index contributed by atoms with van der Waals surface area (Å²) in [6, 6.07) is 28.1. The highest BCUT2D eigenvalue weighted by Gasteiger charge is 2.10. The summed E-state index contributed by atoms with van der Waals surface area (Å²) in [6.45, 7) is 2.96. The van der Waals surface area contributed by atoms with Gasteiger partial charge in [-0.25, -0.2) is 0 Å². The van der Waals surface area contributed by atoms with Crippen LogP contribution >= 0.6 is 0 Å². The van der Waals surface area contributed by atoms with E-state index in [2.05, 4.69) is 41.8 Å². The molecule has 1 atom stereocenters. The summed E-state index contributed by atoms with van der Waals surface area (Å²) in [7, 11) is 0. The first-order chi connectivity index (χ1) is 14.2. The summed E-state index contributed by atoms with van der Waals surface area (Å²) in [5.74, 6) is 0.684. The maximum Gasteiger partial charge on any atom is 0.238 e. The molecule has 0 saturated heterocycles. The van der Waals surface area contributed by atoms with Crippen molar-refractivity contribution in [1.29, 1.82) is 0 Å².